The molecule has 0 N–H and O–H groups in total. The first kappa shape index (κ1) is 16.3. The van der Waals surface area contributed by atoms with Crippen molar-refractivity contribution in [1.82, 2.24) is 14.5 Å². The summed E-state index contributed by atoms with van der Waals surface area (Å²) in [6, 6.07) is 5.18. The lowest BCUT2D eigenvalue weighted by Gasteiger charge is -2.25. The highest BCUT2D eigenvalue weighted by molar-refractivity contribution is 6.35. The van der Waals surface area contributed by atoms with Gasteiger partial charge in [0.1, 0.15) is 11.5 Å². The quantitative estimate of drug-likeness (QED) is 0.823. The molecule has 4 nitrogen and oxygen atoms in total. The molecule has 1 aromatic carbocycles. The van der Waals surface area contributed by atoms with Gasteiger partial charge >= 0.3 is 0 Å². The van der Waals surface area contributed by atoms with Crippen LogP contribution >= 0.6 is 23.2 Å². The molecule has 0 spiro atoms. The first-order valence-electron chi connectivity index (χ1n) is 7.75. The maximum Gasteiger partial charge on any atom is 0.274 e. The minimum absolute atomic E-state index is 0.0922. The monoisotopic (exact) mass is 351 g/mol. The number of aromatic nitrogens is 2. The summed E-state index contributed by atoms with van der Waals surface area (Å²) in [5, 5.41) is 1.15. The fourth-order valence-electron chi connectivity index (χ4n) is 2.92. The number of amides is 1. The Bertz CT molecular complexity index is 718. The lowest BCUT2D eigenvalue weighted by atomic mass is 10.1. The summed E-state index contributed by atoms with van der Waals surface area (Å²) in [6.07, 6.45) is 5.08. The van der Waals surface area contributed by atoms with Gasteiger partial charge in [0.05, 0.1) is 6.04 Å². The first-order valence-corrected chi connectivity index (χ1v) is 8.51. The number of rotatable bonds is 3. The summed E-state index contributed by atoms with van der Waals surface area (Å²) < 4.78 is 2.09. The van der Waals surface area contributed by atoms with Gasteiger partial charge in [-0.2, -0.15) is 0 Å². The van der Waals surface area contributed by atoms with Crippen LogP contribution in [0.1, 0.15) is 47.7 Å². The molecule has 0 radical (unpaired) electrons. The van der Waals surface area contributed by atoms with Crippen LogP contribution in [-0.2, 0) is 13.0 Å². The summed E-state index contributed by atoms with van der Waals surface area (Å²) in [5.41, 5.74) is 1.37. The number of nitrogens with zero attached hydrogens (tertiary/aromatic N) is 3. The molecule has 0 aliphatic carbocycles. The topological polar surface area (TPSA) is 38.1 Å². The van der Waals surface area contributed by atoms with Crippen LogP contribution in [0.2, 0.25) is 10.0 Å². The second-order valence-electron chi connectivity index (χ2n) is 5.95. The largest absolute Gasteiger partial charge is 0.334 e. The number of hydrogen-bond donors (Lipinski definition) is 0. The van der Waals surface area contributed by atoms with E-state index in [9.17, 15) is 4.79 Å². The van der Waals surface area contributed by atoms with Crippen LogP contribution in [0.15, 0.2) is 24.4 Å². The molecule has 0 saturated heterocycles. The standard InChI is InChI=1S/C17H19Cl2N3O/c1-11(13-7-6-12(18)9-14(13)19)21(2)17(23)15-10-22-8-4-3-5-16(22)20-15/h6-7,9-11H,3-5,8H2,1-2H3/t11-/m0/s1. The van der Waals surface area contributed by atoms with E-state index in [1.54, 1.807) is 24.1 Å². The predicted molar refractivity (Wildman–Crippen MR) is 92.1 cm³/mol. The van der Waals surface area contributed by atoms with Crippen LogP contribution in [0.3, 0.4) is 0 Å². The molecule has 0 unspecified atom stereocenters. The number of aryl methyl sites for hydroxylation is 2. The number of carbonyl (C=O) groups is 1. The normalized spacial score (nSPS) is 15.1. The third kappa shape index (κ3) is 3.24. The summed E-state index contributed by atoms with van der Waals surface area (Å²) in [5.74, 6) is 0.913. The third-order valence-corrected chi connectivity index (χ3v) is 5.00. The van der Waals surface area contributed by atoms with E-state index < -0.39 is 0 Å². The van der Waals surface area contributed by atoms with Gasteiger partial charge in [-0.15, -0.1) is 0 Å². The first-order chi connectivity index (χ1) is 11.0. The van der Waals surface area contributed by atoms with Gasteiger partial charge in [-0.25, -0.2) is 4.98 Å². The van der Waals surface area contributed by atoms with E-state index in [0.717, 1.165) is 37.2 Å². The molecule has 1 aliphatic rings. The molecule has 23 heavy (non-hydrogen) atoms. The maximum absolute atomic E-state index is 12.7. The van der Waals surface area contributed by atoms with Gasteiger partial charge in [0.15, 0.2) is 0 Å². The van der Waals surface area contributed by atoms with Crippen molar-refractivity contribution in [3.8, 4) is 0 Å². The van der Waals surface area contributed by atoms with E-state index in [1.807, 2.05) is 19.2 Å². The van der Waals surface area contributed by atoms with Gasteiger partial charge in [-0.05, 0) is 37.5 Å². The highest BCUT2D eigenvalue weighted by atomic mass is 35.5. The Hall–Kier alpha value is -1.52. The van der Waals surface area contributed by atoms with Crippen molar-refractivity contribution in [1.29, 1.82) is 0 Å². The van der Waals surface area contributed by atoms with Crippen LogP contribution in [0.25, 0.3) is 0 Å². The molecule has 1 aromatic heterocycles. The van der Waals surface area contributed by atoms with Crippen molar-refractivity contribution >= 4 is 29.1 Å². The van der Waals surface area contributed by atoms with Crippen LogP contribution in [0, 0.1) is 0 Å². The molecule has 6 heteroatoms. The highest BCUT2D eigenvalue weighted by Crippen LogP contribution is 2.29. The zero-order chi connectivity index (χ0) is 16.6. The zero-order valence-electron chi connectivity index (χ0n) is 13.2. The summed E-state index contributed by atoms with van der Waals surface area (Å²) in [6.45, 7) is 2.89. The van der Waals surface area contributed by atoms with Gasteiger partial charge < -0.3 is 9.47 Å². The smallest absolute Gasteiger partial charge is 0.274 e. The Balaban J connectivity index is 1.82. The number of benzene rings is 1. The van der Waals surface area contributed by atoms with Gasteiger partial charge in [0, 0.05) is 36.3 Å². The molecule has 1 atom stereocenters. The lowest BCUT2D eigenvalue weighted by Crippen LogP contribution is -2.30. The number of hydrogen-bond acceptors (Lipinski definition) is 2. The average Bonchev–Trinajstić information content (AvgIpc) is 2.97. The average molecular weight is 352 g/mol. The molecule has 2 aromatic rings. The molecule has 122 valence electrons. The van der Waals surface area contributed by atoms with Gasteiger partial charge in [-0.3, -0.25) is 4.79 Å². The molecular weight excluding hydrogens is 333 g/mol. The van der Waals surface area contributed by atoms with E-state index in [-0.39, 0.29) is 11.9 Å². The Kier molecular flexibility index (Phi) is 4.64. The second kappa shape index (κ2) is 6.54. The van der Waals surface area contributed by atoms with Crippen LogP contribution in [-0.4, -0.2) is 27.4 Å². The molecular formula is C17H19Cl2N3O. The fourth-order valence-corrected chi connectivity index (χ4v) is 3.49. The summed E-state index contributed by atoms with van der Waals surface area (Å²) in [4.78, 5) is 18.9. The van der Waals surface area contributed by atoms with E-state index in [0.29, 0.717) is 15.7 Å². The van der Waals surface area contributed by atoms with Crippen LogP contribution in [0.5, 0.6) is 0 Å². The Labute approximate surface area is 146 Å². The Morgan fingerprint density at radius 1 is 1.35 bits per heavy atom. The summed E-state index contributed by atoms with van der Waals surface area (Å²) >= 11 is 12.2. The molecule has 0 saturated carbocycles. The maximum atomic E-state index is 12.7. The van der Waals surface area contributed by atoms with E-state index >= 15 is 0 Å². The molecule has 2 heterocycles. The lowest BCUT2D eigenvalue weighted by molar-refractivity contribution is 0.0737. The second-order valence-corrected chi connectivity index (χ2v) is 6.79. The highest BCUT2D eigenvalue weighted by Gasteiger charge is 2.24. The fraction of sp³-hybridized carbons (Fsp3) is 0.412. The number of carbonyl (C=O) groups excluding carboxylic acids is 1. The SMILES string of the molecule is C[C@@H](c1ccc(Cl)cc1Cl)N(C)C(=O)c1cn2c(n1)CCCC2. The minimum Gasteiger partial charge on any atom is -0.334 e. The van der Waals surface area contributed by atoms with E-state index in [2.05, 4.69) is 9.55 Å². The Morgan fingerprint density at radius 2 is 2.13 bits per heavy atom. The molecule has 1 aliphatic heterocycles. The molecule has 1 amide bonds. The van der Waals surface area contributed by atoms with Gasteiger partial charge in [0.25, 0.3) is 5.91 Å². The van der Waals surface area contributed by atoms with E-state index in [1.165, 1.54) is 0 Å². The summed E-state index contributed by atoms with van der Waals surface area (Å²) in [7, 11) is 1.77. The number of halogens is 2. The third-order valence-electron chi connectivity index (χ3n) is 4.44. The Morgan fingerprint density at radius 3 is 2.83 bits per heavy atom. The van der Waals surface area contributed by atoms with Crippen molar-refractivity contribution in [3.05, 3.63) is 51.5 Å². The predicted octanol–water partition coefficient (Wildman–Crippen LogP) is 4.36. The van der Waals surface area contributed by atoms with Crippen molar-refractivity contribution < 1.29 is 4.79 Å². The molecule has 3 rings (SSSR count). The van der Waals surface area contributed by atoms with Gasteiger partial charge in [0.2, 0.25) is 0 Å². The van der Waals surface area contributed by atoms with Crippen molar-refractivity contribution in [2.75, 3.05) is 7.05 Å². The molecule has 0 fully saturated rings. The zero-order valence-corrected chi connectivity index (χ0v) is 14.7. The molecule has 0 bridgehead atoms. The minimum atomic E-state index is -0.161. The number of fused-ring (bicyclic) bond motifs is 1. The van der Waals surface area contributed by atoms with Crippen molar-refractivity contribution in [2.24, 2.45) is 0 Å². The number of imidazole rings is 1. The van der Waals surface area contributed by atoms with Crippen molar-refractivity contribution in [3.63, 3.8) is 0 Å². The van der Waals surface area contributed by atoms with E-state index in [4.69, 9.17) is 23.2 Å². The van der Waals surface area contributed by atoms with Crippen LogP contribution < -0.4 is 0 Å². The van der Waals surface area contributed by atoms with Crippen LogP contribution in [0.4, 0.5) is 0 Å². The van der Waals surface area contributed by atoms with Gasteiger partial charge in [-0.1, -0.05) is 29.3 Å². The van der Waals surface area contributed by atoms with Crippen molar-refractivity contribution in [2.45, 2.75) is 38.8 Å².